The van der Waals surface area contributed by atoms with Crippen molar-refractivity contribution in [2.45, 2.75) is 32.4 Å². The van der Waals surface area contributed by atoms with Crippen LogP contribution in [0.4, 0.5) is 0 Å². The number of aromatic nitrogens is 1. The molecule has 1 aromatic rings. The number of rotatable bonds is 7. The zero-order valence-corrected chi connectivity index (χ0v) is 12.0. The lowest BCUT2D eigenvalue weighted by Gasteiger charge is -2.26. The first-order valence-corrected chi connectivity index (χ1v) is 7.27. The van der Waals surface area contributed by atoms with Gasteiger partial charge in [-0.15, -0.1) is 0 Å². The van der Waals surface area contributed by atoms with Crippen LogP contribution in [0.1, 0.15) is 25.5 Å². The van der Waals surface area contributed by atoms with Crippen LogP contribution < -0.4 is 0 Å². The number of hydrogen-bond donors (Lipinski definition) is 1. The Morgan fingerprint density at radius 3 is 2.95 bits per heavy atom. The average Bonchev–Trinajstić information content (AvgIpc) is 2.84. The number of carbonyl (C=O) groups excluding carboxylic acids is 1. The number of aliphatic hydroxyl groups is 1. The molecule has 0 aliphatic carbocycles. The van der Waals surface area contributed by atoms with Gasteiger partial charge in [-0.2, -0.15) is 0 Å². The number of carbonyl (C=O) groups is 1. The molecule has 5 heteroatoms. The molecule has 1 aromatic heterocycles. The average molecular weight is 277 g/mol. The first-order valence-electron chi connectivity index (χ1n) is 7.27. The summed E-state index contributed by atoms with van der Waals surface area (Å²) in [6.07, 6.45) is 2.82. The predicted molar refractivity (Wildman–Crippen MR) is 77.0 cm³/mol. The monoisotopic (exact) mass is 277 g/mol. The molecule has 2 heterocycles. The van der Waals surface area contributed by atoms with E-state index in [4.69, 9.17) is 0 Å². The highest BCUT2D eigenvalue weighted by Gasteiger charge is 2.23. The van der Waals surface area contributed by atoms with Crippen LogP contribution in [0.25, 0.3) is 0 Å². The van der Waals surface area contributed by atoms with Gasteiger partial charge in [0.25, 0.3) is 0 Å². The number of pyridine rings is 1. The first-order chi connectivity index (χ1) is 9.69. The Morgan fingerprint density at radius 1 is 1.50 bits per heavy atom. The van der Waals surface area contributed by atoms with Crippen molar-refractivity contribution >= 4 is 5.91 Å². The molecule has 1 aliphatic rings. The molecule has 1 N–H and O–H groups in total. The minimum Gasteiger partial charge on any atom is -0.390 e. The van der Waals surface area contributed by atoms with Gasteiger partial charge in [0.15, 0.2) is 0 Å². The number of amides is 1. The van der Waals surface area contributed by atoms with E-state index in [1.54, 1.807) is 11.1 Å². The van der Waals surface area contributed by atoms with E-state index in [0.29, 0.717) is 19.5 Å². The summed E-state index contributed by atoms with van der Waals surface area (Å²) in [5.74, 6) is 0.164. The highest BCUT2D eigenvalue weighted by molar-refractivity contribution is 5.78. The zero-order valence-electron chi connectivity index (χ0n) is 12.0. The molecule has 20 heavy (non-hydrogen) atoms. The number of likely N-dealkylation sites (N-methyl/N-ethyl adjacent to an activating group) is 1. The quantitative estimate of drug-likeness (QED) is 0.804. The first kappa shape index (κ1) is 14.9. The second kappa shape index (κ2) is 7.36. The molecule has 0 aromatic carbocycles. The van der Waals surface area contributed by atoms with E-state index in [1.165, 1.54) is 0 Å². The van der Waals surface area contributed by atoms with Crippen molar-refractivity contribution in [3.05, 3.63) is 30.1 Å². The summed E-state index contributed by atoms with van der Waals surface area (Å²) in [5, 5.41) is 10.2. The van der Waals surface area contributed by atoms with Crippen molar-refractivity contribution in [3.63, 3.8) is 0 Å². The second-order valence-corrected chi connectivity index (χ2v) is 5.25. The van der Waals surface area contributed by atoms with Gasteiger partial charge in [-0.3, -0.25) is 14.7 Å². The maximum Gasteiger partial charge on any atom is 0.222 e. The topological polar surface area (TPSA) is 56.7 Å². The van der Waals surface area contributed by atoms with E-state index >= 15 is 0 Å². The summed E-state index contributed by atoms with van der Waals surface area (Å²) in [7, 11) is 0. The molecule has 1 fully saturated rings. The fourth-order valence-corrected chi connectivity index (χ4v) is 2.53. The molecule has 1 saturated heterocycles. The summed E-state index contributed by atoms with van der Waals surface area (Å²) < 4.78 is 0. The molecule has 0 spiro atoms. The zero-order chi connectivity index (χ0) is 14.4. The van der Waals surface area contributed by atoms with E-state index in [2.05, 4.69) is 16.8 Å². The van der Waals surface area contributed by atoms with Gasteiger partial charge in [-0.1, -0.05) is 13.0 Å². The van der Waals surface area contributed by atoms with Gasteiger partial charge >= 0.3 is 0 Å². The number of aliphatic hydroxyl groups excluding tert-OH is 1. The lowest BCUT2D eigenvalue weighted by atomic mass is 10.2. The number of nitrogens with zero attached hydrogens (tertiary/aromatic N) is 3. The van der Waals surface area contributed by atoms with Crippen molar-refractivity contribution in [2.24, 2.45) is 0 Å². The van der Waals surface area contributed by atoms with Gasteiger partial charge in [0.1, 0.15) is 0 Å². The molecule has 1 atom stereocenters. The van der Waals surface area contributed by atoms with E-state index in [-0.39, 0.29) is 5.91 Å². The molecule has 2 rings (SSSR count). The van der Waals surface area contributed by atoms with Crippen molar-refractivity contribution in [1.29, 1.82) is 0 Å². The maximum atomic E-state index is 11.5. The molecular weight excluding hydrogens is 254 g/mol. The van der Waals surface area contributed by atoms with E-state index in [0.717, 1.165) is 31.7 Å². The fourth-order valence-electron chi connectivity index (χ4n) is 2.53. The Labute approximate surface area is 120 Å². The van der Waals surface area contributed by atoms with Gasteiger partial charge in [0.05, 0.1) is 11.8 Å². The number of likely N-dealkylation sites (tertiary alicyclic amines) is 1. The molecule has 110 valence electrons. The Kier molecular flexibility index (Phi) is 5.49. The van der Waals surface area contributed by atoms with Crippen molar-refractivity contribution in [1.82, 2.24) is 14.8 Å². The maximum absolute atomic E-state index is 11.5. The van der Waals surface area contributed by atoms with Crippen LogP contribution in [0.15, 0.2) is 24.4 Å². The summed E-state index contributed by atoms with van der Waals surface area (Å²) in [6.45, 7) is 5.43. The Bertz CT molecular complexity index is 424. The minimum absolute atomic E-state index is 0.164. The second-order valence-electron chi connectivity index (χ2n) is 5.25. The fraction of sp³-hybridized carbons (Fsp3) is 0.600. The van der Waals surface area contributed by atoms with Crippen molar-refractivity contribution < 1.29 is 9.90 Å². The normalized spacial score (nSPS) is 16.9. The molecule has 1 aliphatic heterocycles. The van der Waals surface area contributed by atoms with Crippen LogP contribution in [-0.2, 0) is 11.3 Å². The van der Waals surface area contributed by atoms with Crippen LogP contribution in [0, 0.1) is 0 Å². The van der Waals surface area contributed by atoms with Gasteiger partial charge in [0, 0.05) is 38.8 Å². The highest BCUT2D eigenvalue weighted by Crippen LogP contribution is 2.11. The number of β-amino-alcohol motifs (C(OH)–C–C–N with tert-alkyl or cyclic N) is 1. The standard InChI is InChI=1S/C15H23N3O2/c1-2-17(10-13-6-3-4-8-16-13)11-14(19)12-18-9-5-7-15(18)20/h3-4,6,8,14,19H,2,5,7,9-12H2,1H3. The third-order valence-corrected chi connectivity index (χ3v) is 3.63. The van der Waals surface area contributed by atoms with Crippen molar-refractivity contribution in [3.8, 4) is 0 Å². The van der Waals surface area contributed by atoms with Crippen LogP contribution >= 0.6 is 0 Å². The van der Waals surface area contributed by atoms with Crippen molar-refractivity contribution in [2.75, 3.05) is 26.2 Å². The summed E-state index contributed by atoms with van der Waals surface area (Å²) >= 11 is 0. The van der Waals surface area contributed by atoms with Gasteiger partial charge in [-0.05, 0) is 25.1 Å². The molecule has 1 unspecified atom stereocenters. The van der Waals surface area contributed by atoms with Crippen LogP contribution in [0.3, 0.4) is 0 Å². The Hall–Kier alpha value is -1.46. The third kappa shape index (κ3) is 4.28. The largest absolute Gasteiger partial charge is 0.390 e. The van der Waals surface area contributed by atoms with Crippen LogP contribution in [-0.4, -0.2) is 58.1 Å². The van der Waals surface area contributed by atoms with E-state index in [9.17, 15) is 9.90 Å². The SMILES string of the molecule is CCN(Cc1ccccn1)CC(O)CN1CCCC1=O. The van der Waals surface area contributed by atoms with Crippen LogP contribution in [0.5, 0.6) is 0 Å². The highest BCUT2D eigenvalue weighted by atomic mass is 16.3. The predicted octanol–water partition coefficient (Wildman–Crippen LogP) is 0.887. The van der Waals surface area contributed by atoms with E-state index < -0.39 is 6.10 Å². The summed E-state index contributed by atoms with van der Waals surface area (Å²) in [4.78, 5) is 19.8. The Balaban J connectivity index is 1.81. The molecular formula is C15H23N3O2. The third-order valence-electron chi connectivity index (χ3n) is 3.63. The summed E-state index contributed by atoms with van der Waals surface area (Å²) in [6, 6.07) is 5.85. The van der Waals surface area contributed by atoms with Gasteiger partial charge in [-0.25, -0.2) is 0 Å². The molecule has 5 nitrogen and oxygen atoms in total. The molecule has 0 bridgehead atoms. The van der Waals surface area contributed by atoms with Gasteiger partial charge < -0.3 is 10.0 Å². The Morgan fingerprint density at radius 2 is 2.35 bits per heavy atom. The van der Waals surface area contributed by atoms with E-state index in [1.807, 2.05) is 18.2 Å². The molecule has 0 radical (unpaired) electrons. The smallest absolute Gasteiger partial charge is 0.222 e. The summed E-state index contributed by atoms with van der Waals surface area (Å²) in [5.41, 5.74) is 0.999. The molecule has 0 saturated carbocycles. The molecule has 1 amide bonds. The lowest BCUT2D eigenvalue weighted by molar-refractivity contribution is -0.129. The minimum atomic E-state index is -0.499. The van der Waals surface area contributed by atoms with Crippen LogP contribution in [0.2, 0.25) is 0 Å². The number of hydrogen-bond acceptors (Lipinski definition) is 4. The lowest BCUT2D eigenvalue weighted by Crippen LogP contribution is -2.40. The van der Waals surface area contributed by atoms with Gasteiger partial charge in [0.2, 0.25) is 5.91 Å².